The highest BCUT2D eigenvalue weighted by Crippen LogP contribution is 2.29. The molecule has 5 heteroatoms. The fraction of sp³-hybridized carbons (Fsp3) is 0.625. The van der Waals surface area contributed by atoms with Crippen molar-refractivity contribution < 1.29 is 8.42 Å². The summed E-state index contributed by atoms with van der Waals surface area (Å²) in [6, 6.07) is 7.00. The molecule has 0 heterocycles. The Labute approximate surface area is 128 Å². The van der Waals surface area contributed by atoms with Gasteiger partial charge in [0.15, 0.2) is 0 Å². The van der Waals surface area contributed by atoms with Crippen LogP contribution in [0.1, 0.15) is 40.0 Å². The van der Waals surface area contributed by atoms with E-state index < -0.39 is 10.0 Å². The summed E-state index contributed by atoms with van der Waals surface area (Å²) < 4.78 is 27.8. The predicted molar refractivity (Wildman–Crippen MR) is 86.9 cm³/mol. The Balaban J connectivity index is 2.07. The summed E-state index contributed by atoms with van der Waals surface area (Å²) in [6.45, 7) is 7.23. The van der Waals surface area contributed by atoms with Crippen LogP contribution in [0.5, 0.6) is 0 Å². The van der Waals surface area contributed by atoms with E-state index in [1.165, 1.54) is 6.42 Å². The number of benzene rings is 1. The summed E-state index contributed by atoms with van der Waals surface area (Å²) in [6.07, 6.45) is 3.05. The van der Waals surface area contributed by atoms with Crippen LogP contribution in [0.25, 0.3) is 0 Å². The van der Waals surface area contributed by atoms with Gasteiger partial charge in [0.2, 0.25) is 10.0 Å². The topological polar surface area (TPSA) is 58.2 Å². The summed E-state index contributed by atoms with van der Waals surface area (Å²) in [4.78, 5) is 0.343. The number of rotatable bonds is 5. The van der Waals surface area contributed by atoms with Crippen molar-refractivity contribution in [2.75, 3.05) is 11.9 Å². The summed E-state index contributed by atoms with van der Waals surface area (Å²) in [5.74, 6) is 1.16. The molecule has 2 rings (SSSR count). The third-order valence-corrected chi connectivity index (χ3v) is 5.58. The fourth-order valence-corrected chi connectivity index (χ4v) is 4.55. The molecular weight excluding hydrogens is 284 g/mol. The van der Waals surface area contributed by atoms with Gasteiger partial charge in [-0.2, -0.15) is 0 Å². The van der Waals surface area contributed by atoms with E-state index in [1.54, 1.807) is 12.1 Å². The molecule has 4 nitrogen and oxygen atoms in total. The number of anilines is 1. The van der Waals surface area contributed by atoms with Crippen LogP contribution in [-0.4, -0.2) is 21.0 Å². The van der Waals surface area contributed by atoms with Crippen LogP contribution in [0.3, 0.4) is 0 Å². The van der Waals surface area contributed by atoms with Crippen LogP contribution >= 0.6 is 0 Å². The number of nitrogens with one attached hydrogen (secondary N) is 2. The Kier molecular flexibility index (Phi) is 5.27. The normalized spacial score (nSPS) is 26.5. The molecule has 118 valence electrons. The Morgan fingerprint density at radius 2 is 1.62 bits per heavy atom. The molecule has 0 spiro atoms. The van der Waals surface area contributed by atoms with Crippen LogP contribution in [0, 0.1) is 11.8 Å². The maximum Gasteiger partial charge on any atom is 0.240 e. The molecule has 1 aliphatic carbocycles. The van der Waals surface area contributed by atoms with E-state index in [1.807, 2.05) is 19.1 Å². The van der Waals surface area contributed by atoms with Crippen LogP contribution in [0.2, 0.25) is 0 Å². The average Bonchev–Trinajstić information content (AvgIpc) is 2.38. The molecule has 2 atom stereocenters. The van der Waals surface area contributed by atoms with Crippen LogP contribution in [0.4, 0.5) is 5.69 Å². The standard InChI is InChI=1S/C16H26N2O2S/c1-4-17-14-5-7-16(8-6-14)21(19,20)18-15-10-12(2)9-13(3)11-15/h5-8,12-13,15,17-18H,4,9-11H2,1-3H3. The second-order valence-corrected chi connectivity index (χ2v) is 8.00. The maximum absolute atomic E-state index is 12.5. The fourth-order valence-electron chi connectivity index (χ4n) is 3.29. The minimum Gasteiger partial charge on any atom is -0.385 e. The predicted octanol–water partition coefficient (Wildman–Crippen LogP) is 3.22. The van der Waals surface area contributed by atoms with E-state index in [-0.39, 0.29) is 6.04 Å². The minimum absolute atomic E-state index is 0.0576. The van der Waals surface area contributed by atoms with E-state index in [0.29, 0.717) is 16.7 Å². The molecule has 1 saturated carbocycles. The zero-order valence-electron chi connectivity index (χ0n) is 13.1. The number of hydrogen-bond acceptors (Lipinski definition) is 3. The highest BCUT2D eigenvalue weighted by molar-refractivity contribution is 7.89. The first-order valence-corrected chi connectivity index (χ1v) is 9.25. The lowest BCUT2D eigenvalue weighted by atomic mass is 9.81. The lowest BCUT2D eigenvalue weighted by Gasteiger charge is -2.31. The molecule has 0 radical (unpaired) electrons. The van der Waals surface area contributed by atoms with E-state index in [4.69, 9.17) is 0 Å². The number of hydrogen-bond donors (Lipinski definition) is 2. The molecule has 0 amide bonds. The van der Waals surface area contributed by atoms with Crippen molar-refractivity contribution >= 4 is 15.7 Å². The molecule has 1 fully saturated rings. The molecule has 1 aliphatic rings. The van der Waals surface area contributed by atoms with E-state index in [2.05, 4.69) is 23.9 Å². The quantitative estimate of drug-likeness (QED) is 0.878. The third-order valence-electron chi connectivity index (χ3n) is 4.05. The lowest BCUT2D eigenvalue weighted by molar-refractivity contribution is 0.257. The summed E-state index contributed by atoms with van der Waals surface area (Å²) >= 11 is 0. The largest absolute Gasteiger partial charge is 0.385 e. The van der Waals surface area contributed by atoms with E-state index in [9.17, 15) is 8.42 Å². The molecule has 2 unspecified atom stereocenters. The third kappa shape index (κ3) is 4.45. The maximum atomic E-state index is 12.5. The zero-order chi connectivity index (χ0) is 15.5. The Morgan fingerprint density at radius 1 is 1.05 bits per heavy atom. The summed E-state index contributed by atoms with van der Waals surface area (Å²) in [7, 11) is -3.42. The second-order valence-electron chi connectivity index (χ2n) is 6.29. The van der Waals surface area contributed by atoms with Crippen LogP contribution < -0.4 is 10.0 Å². The highest BCUT2D eigenvalue weighted by atomic mass is 32.2. The lowest BCUT2D eigenvalue weighted by Crippen LogP contribution is -2.39. The minimum atomic E-state index is -3.42. The van der Waals surface area contributed by atoms with Gasteiger partial charge in [-0.05, 0) is 62.3 Å². The van der Waals surface area contributed by atoms with Gasteiger partial charge in [-0.3, -0.25) is 0 Å². The summed E-state index contributed by atoms with van der Waals surface area (Å²) in [5.41, 5.74) is 0.941. The molecule has 1 aromatic rings. The molecule has 0 aliphatic heterocycles. The zero-order valence-corrected chi connectivity index (χ0v) is 13.9. The van der Waals surface area contributed by atoms with Crippen LogP contribution in [0.15, 0.2) is 29.2 Å². The van der Waals surface area contributed by atoms with Crippen molar-refractivity contribution in [1.29, 1.82) is 0 Å². The molecule has 1 aromatic carbocycles. The van der Waals surface area contributed by atoms with Crippen molar-refractivity contribution in [2.45, 2.75) is 51.0 Å². The molecule has 0 saturated heterocycles. The Morgan fingerprint density at radius 3 is 2.14 bits per heavy atom. The van der Waals surface area contributed by atoms with Gasteiger partial charge >= 0.3 is 0 Å². The monoisotopic (exact) mass is 310 g/mol. The Bertz CT molecular complexity index is 544. The first kappa shape index (κ1) is 16.3. The van der Waals surface area contributed by atoms with Crippen LogP contribution in [-0.2, 0) is 10.0 Å². The van der Waals surface area contributed by atoms with Crippen molar-refractivity contribution in [3.05, 3.63) is 24.3 Å². The van der Waals surface area contributed by atoms with Gasteiger partial charge in [0, 0.05) is 18.3 Å². The van der Waals surface area contributed by atoms with Gasteiger partial charge in [0.05, 0.1) is 4.90 Å². The van der Waals surface area contributed by atoms with Gasteiger partial charge in [-0.25, -0.2) is 13.1 Å². The first-order valence-electron chi connectivity index (χ1n) is 7.77. The molecule has 21 heavy (non-hydrogen) atoms. The van der Waals surface area contributed by atoms with Crippen molar-refractivity contribution in [3.8, 4) is 0 Å². The molecule has 0 aromatic heterocycles. The Hall–Kier alpha value is -1.07. The SMILES string of the molecule is CCNc1ccc(S(=O)(=O)NC2CC(C)CC(C)C2)cc1. The van der Waals surface area contributed by atoms with E-state index >= 15 is 0 Å². The van der Waals surface area contributed by atoms with Gasteiger partial charge in [0.25, 0.3) is 0 Å². The van der Waals surface area contributed by atoms with Crippen molar-refractivity contribution in [1.82, 2.24) is 4.72 Å². The van der Waals surface area contributed by atoms with Gasteiger partial charge in [-0.15, -0.1) is 0 Å². The molecular formula is C16H26N2O2S. The van der Waals surface area contributed by atoms with Gasteiger partial charge in [0.1, 0.15) is 0 Å². The van der Waals surface area contributed by atoms with Gasteiger partial charge < -0.3 is 5.32 Å². The molecule has 2 N–H and O–H groups in total. The first-order chi connectivity index (χ1) is 9.90. The van der Waals surface area contributed by atoms with E-state index in [0.717, 1.165) is 25.1 Å². The molecule has 0 bridgehead atoms. The van der Waals surface area contributed by atoms with Crippen molar-refractivity contribution in [2.24, 2.45) is 11.8 Å². The second kappa shape index (κ2) is 6.79. The smallest absolute Gasteiger partial charge is 0.240 e. The van der Waals surface area contributed by atoms with Gasteiger partial charge in [-0.1, -0.05) is 13.8 Å². The average molecular weight is 310 g/mol. The number of sulfonamides is 1. The highest BCUT2D eigenvalue weighted by Gasteiger charge is 2.27. The summed E-state index contributed by atoms with van der Waals surface area (Å²) in [5, 5.41) is 3.16. The van der Waals surface area contributed by atoms with Crippen molar-refractivity contribution in [3.63, 3.8) is 0 Å².